The van der Waals surface area contributed by atoms with E-state index in [4.69, 9.17) is 9.47 Å². The summed E-state index contributed by atoms with van der Waals surface area (Å²) in [5, 5.41) is 7.10. The summed E-state index contributed by atoms with van der Waals surface area (Å²) in [5.41, 5.74) is 0. The number of aromatic amines is 1. The highest BCUT2D eigenvalue weighted by atomic mass is 16.5. The number of ether oxygens (including phenoxy) is 2. The fraction of sp³-hybridized carbons (Fsp3) is 0.824. The molecule has 7 heteroatoms. The van der Waals surface area contributed by atoms with Crippen molar-refractivity contribution in [1.82, 2.24) is 20.1 Å². The van der Waals surface area contributed by atoms with Gasteiger partial charge in [-0.1, -0.05) is 26.7 Å². The number of aromatic nitrogens is 3. The van der Waals surface area contributed by atoms with Crippen LogP contribution in [0.15, 0.2) is 0 Å². The summed E-state index contributed by atoms with van der Waals surface area (Å²) >= 11 is 0. The minimum atomic E-state index is -0.257. The quantitative estimate of drug-likeness (QED) is 0.888. The van der Waals surface area contributed by atoms with Crippen molar-refractivity contribution in [2.75, 3.05) is 26.3 Å². The Hall–Kier alpha value is -1.47. The van der Waals surface area contributed by atoms with Crippen molar-refractivity contribution < 1.29 is 14.3 Å². The highest BCUT2D eigenvalue weighted by Gasteiger charge is 2.29. The second-order valence-electron chi connectivity index (χ2n) is 6.80. The Morgan fingerprint density at radius 3 is 3.00 bits per heavy atom. The molecule has 2 aliphatic rings. The first-order valence-electron chi connectivity index (χ1n) is 9.09. The zero-order valence-corrected chi connectivity index (χ0v) is 14.7. The molecular weight excluding hydrogens is 308 g/mol. The first kappa shape index (κ1) is 17.4. The molecule has 0 spiro atoms. The molecule has 0 aromatic carbocycles. The maximum Gasteiger partial charge on any atom is 0.248 e. The monoisotopic (exact) mass is 336 g/mol. The Morgan fingerprint density at radius 1 is 1.42 bits per heavy atom. The molecule has 3 atom stereocenters. The van der Waals surface area contributed by atoms with Gasteiger partial charge in [-0.3, -0.25) is 9.89 Å². The largest absolute Gasteiger partial charge is 0.368 e. The van der Waals surface area contributed by atoms with E-state index in [-0.39, 0.29) is 24.7 Å². The van der Waals surface area contributed by atoms with Crippen molar-refractivity contribution in [3.05, 3.63) is 11.6 Å². The minimum Gasteiger partial charge on any atom is -0.368 e. The number of carbonyl (C=O) groups is 1. The number of hydrogen-bond acceptors (Lipinski definition) is 5. The van der Waals surface area contributed by atoms with Gasteiger partial charge < -0.3 is 14.4 Å². The summed E-state index contributed by atoms with van der Waals surface area (Å²) in [6.07, 6.45) is 5.51. The van der Waals surface area contributed by atoms with E-state index in [1.165, 1.54) is 19.3 Å². The van der Waals surface area contributed by atoms with E-state index < -0.39 is 0 Å². The Morgan fingerprint density at radius 2 is 2.25 bits per heavy atom. The van der Waals surface area contributed by atoms with Crippen LogP contribution in [0.25, 0.3) is 0 Å². The van der Waals surface area contributed by atoms with Crippen LogP contribution in [0.1, 0.15) is 57.3 Å². The smallest absolute Gasteiger partial charge is 0.248 e. The lowest BCUT2D eigenvalue weighted by Crippen LogP contribution is -2.44. The molecule has 1 aliphatic carbocycles. The molecule has 0 bridgehead atoms. The van der Waals surface area contributed by atoms with Crippen LogP contribution in [0.2, 0.25) is 0 Å². The molecule has 1 amide bonds. The maximum absolute atomic E-state index is 12.5. The third-order valence-corrected chi connectivity index (χ3v) is 5.04. The Balaban J connectivity index is 1.51. The molecule has 2 heterocycles. The molecule has 1 aliphatic heterocycles. The van der Waals surface area contributed by atoms with Crippen molar-refractivity contribution in [2.45, 2.75) is 58.2 Å². The number of nitrogens with zero attached hydrogens (tertiary/aromatic N) is 3. The van der Waals surface area contributed by atoms with Crippen LogP contribution in [0.5, 0.6) is 0 Å². The third kappa shape index (κ3) is 4.13. The minimum absolute atomic E-state index is 0.0346. The zero-order chi connectivity index (χ0) is 16.9. The molecule has 2 fully saturated rings. The van der Waals surface area contributed by atoms with E-state index in [1.54, 1.807) is 0 Å². The number of carbonyl (C=O) groups excluding carboxylic acids is 1. The van der Waals surface area contributed by atoms with Crippen LogP contribution in [0.4, 0.5) is 0 Å². The van der Waals surface area contributed by atoms with Crippen LogP contribution in [0.3, 0.4) is 0 Å². The van der Waals surface area contributed by atoms with Gasteiger partial charge >= 0.3 is 0 Å². The summed E-state index contributed by atoms with van der Waals surface area (Å²) in [6, 6.07) is 0. The van der Waals surface area contributed by atoms with Crippen LogP contribution in [0, 0.1) is 5.92 Å². The number of aryl methyl sites for hydroxylation is 1. The second-order valence-corrected chi connectivity index (χ2v) is 6.80. The maximum atomic E-state index is 12.5. The summed E-state index contributed by atoms with van der Waals surface area (Å²) in [5.74, 6) is 2.05. The van der Waals surface area contributed by atoms with Gasteiger partial charge in [-0.15, -0.1) is 0 Å². The van der Waals surface area contributed by atoms with Crippen LogP contribution < -0.4 is 0 Å². The molecule has 1 aromatic heterocycles. The molecule has 0 unspecified atom stereocenters. The highest BCUT2D eigenvalue weighted by molar-refractivity contribution is 5.77. The molecule has 7 nitrogen and oxygen atoms in total. The molecule has 1 N–H and O–H groups in total. The van der Waals surface area contributed by atoms with E-state index in [1.807, 2.05) is 11.8 Å². The van der Waals surface area contributed by atoms with Crippen molar-refractivity contribution in [3.63, 3.8) is 0 Å². The summed E-state index contributed by atoms with van der Waals surface area (Å²) in [7, 11) is 0. The van der Waals surface area contributed by atoms with Crippen LogP contribution in [-0.4, -0.2) is 58.4 Å². The zero-order valence-electron chi connectivity index (χ0n) is 14.7. The van der Waals surface area contributed by atoms with Gasteiger partial charge in [0.15, 0.2) is 5.82 Å². The average Bonchev–Trinajstić information content (AvgIpc) is 3.10. The molecule has 1 aromatic rings. The van der Waals surface area contributed by atoms with Gasteiger partial charge in [0.05, 0.1) is 19.3 Å². The topological polar surface area (TPSA) is 80.3 Å². The Bertz CT molecular complexity index is 548. The van der Waals surface area contributed by atoms with Gasteiger partial charge in [-0.05, 0) is 18.8 Å². The molecule has 1 saturated heterocycles. The highest BCUT2D eigenvalue weighted by Crippen LogP contribution is 2.26. The number of rotatable bonds is 5. The standard InChI is InChI=1S/C17H28N4O3/c1-3-15-18-17(20-19-15)14-10-21(8-9-23-14)16(22)11-24-13-7-5-4-6-12(13)2/h12-14H,3-11H2,1-2H3,(H,18,19,20)/t12-,13+,14+/m1/s1. The van der Waals surface area contributed by atoms with E-state index in [9.17, 15) is 4.79 Å². The lowest BCUT2D eigenvalue weighted by Gasteiger charge is -2.33. The summed E-state index contributed by atoms with van der Waals surface area (Å²) < 4.78 is 11.6. The van der Waals surface area contributed by atoms with Gasteiger partial charge in [0, 0.05) is 13.0 Å². The molecule has 3 rings (SSSR count). The van der Waals surface area contributed by atoms with E-state index >= 15 is 0 Å². The van der Waals surface area contributed by atoms with Gasteiger partial charge in [0.1, 0.15) is 18.5 Å². The fourth-order valence-electron chi connectivity index (χ4n) is 3.44. The second kappa shape index (κ2) is 8.07. The van der Waals surface area contributed by atoms with Gasteiger partial charge in [0.2, 0.25) is 5.91 Å². The molecule has 0 radical (unpaired) electrons. The summed E-state index contributed by atoms with van der Waals surface area (Å²) in [6.45, 7) is 5.99. The van der Waals surface area contributed by atoms with Crippen molar-refractivity contribution >= 4 is 5.91 Å². The van der Waals surface area contributed by atoms with Crippen molar-refractivity contribution in [1.29, 1.82) is 0 Å². The van der Waals surface area contributed by atoms with Gasteiger partial charge in [0.25, 0.3) is 0 Å². The average molecular weight is 336 g/mol. The Labute approximate surface area is 143 Å². The lowest BCUT2D eigenvalue weighted by molar-refractivity contribution is -0.147. The van der Waals surface area contributed by atoms with Crippen molar-refractivity contribution in [3.8, 4) is 0 Å². The first-order valence-corrected chi connectivity index (χ1v) is 9.09. The predicted molar refractivity (Wildman–Crippen MR) is 88.4 cm³/mol. The molecular formula is C17H28N4O3. The van der Waals surface area contributed by atoms with E-state index in [2.05, 4.69) is 22.1 Å². The van der Waals surface area contributed by atoms with Crippen LogP contribution >= 0.6 is 0 Å². The van der Waals surface area contributed by atoms with E-state index in [0.29, 0.717) is 31.4 Å². The molecule has 1 saturated carbocycles. The first-order chi connectivity index (χ1) is 11.7. The third-order valence-electron chi connectivity index (χ3n) is 5.04. The summed E-state index contributed by atoms with van der Waals surface area (Å²) in [4.78, 5) is 18.7. The molecule has 24 heavy (non-hydrogen) atoms. The van der Waals surface area contributed by atoms with Gasteiger partial charge in [-0.2, -0.15) is 5.10 Å². The number of amides is 1. The number of H-pyrrole nitrogens is 1. The Kier molecular flexibility index (Phi) is 5.84. The SMILES string of the molecule is CCc1nc([C@@H]2CN(C(=O)CO[C@H]3CCCC[C@H]3C)CCO2)n[nH]1. The normalized spacial score (nSPS) is 28.1. The van der Waals surface area contributed by atoms with Crippen LogP contribution in [-0.2, 0) is 20.7 Å². The predicted octanol–water partition coefficient (Wildman–Crippen LogP) is 1.86. The fourth-order valence-corrected chi connectivity index (χ4v) is 3.44. The number of morpholine rings is 1. The van der Waals surface area contributed by atoms with Gasteiger partial charge in [-0.25, -0.2) is 4.98 Å². The number of hydrogen-bond donors (Lipinski definition) is 1. The van der Waals surface area contributed by atoms with Crippen molar-refractivity contribution in [2.24, 2.45) is 5.92 Å². The number of nitrogens with one attached hydrogen (secondary N) is 1. The van der Waals surface area contributed by atoms with E-state index in [0.717, 1.165) is 18.7 Å². The lowest BCUT2D eigenvalue weighted by atomic mass is 9.88. The molecule has 134 valence electrons.